The van der Waals surface area contributed by atoms with Crippen molar-refractivity contribution in [1.29, 1.82) is 0 Å². The van der Waals surface area contributed by atoms with Gasteiger partial charge in [0.1, 0.15) is 12.7 Å². The Kier molecular flexibility index (Phi) is 51.6. The van der Waals surface area contributed by atoms with Gasteiger partial charge in [0, 0.05) is 12.8 Å². The minimum atomic E-state index is -4.79. The molecule has 0 rings (SSSR count). The third kappa shape index (κ3) is 52.5. The van der Waals surface area contributed by atoms with Crippen LogP contribution in [0.25, 0.3) is 0 Å². The van der Waals surface area contributed by atoms with E-state index in [1.807, 2.05) is 30.4 Å². The van der Waals surface area contributed by atoms with E-state index >= 15 is 0 Å². The van der Waals surface area contributed by atoms with Crippen molar-refractivity contribution in [2.24, 2.45) is 0 Å². The second-order valence-electron chi connectivity index (χ2n) is 18.0. The van der Waals surface area contributed by atoms with E-state index in [4.69, 9.17) is 23.3 Å². The lowest BCUT2D eigenvalue weighted by Gasteiger charge is -2.21. The molecule has 0 fully saturated rings. The largest absolute Gasteiger partial charge is 0.472 e. The van der Waals surface area contributed by atoms with Gasteiger partial charge in [-0.1, -0.05) is 231 Å². The van der Waals surface area contributed by atoms with E-state index < -0.39 is 64.4 Å². The van der Waals surface area contributed by atoms with Crippen molar-refractivity contribution < 1.29 is 52.2 Å². The number of phosphoric ester groups is 1. The van der Waals surface area contributed by atoms with Gasteiger partial charge in [0.25, 0.3) is 0 Å². The Labute approximate surface area is 449 Å². The zero-order chi connectivity index (χ0) is 54.1. The summed E-state index contributed by atoms with van der Waals surface area (Å²) in [5, 5.41) is 9.80. The van der Waals surface area contributed by atoms with Gasteiger partial charge in [-0.3, -0.25) is 23.4 Å². The Morgan fingerprint density at radius 2 is 0.757 bits per heavy atom. The molecule has 11 nitrogen and oxygen atoms in total. The van der Waals surface area contributed by atoms with Gasteiger partial charge in [-0.2, -0.15) is 0 Å². The number of rotatable bonds is 50. The quantitative estimate of drug-likeness (QED) is 0.0197. The minimum absolute atomic E-state index is 0.0754. The lowest BCUT2D eigenvalue weighted by molar-refractivity contribution is -0.160. The summed E-state index contributed by atoms with van der Waals surface area (Å²) in [6.07, 6.45) is 68.9. The van der Waals surface area contributed by atoms with Crippen LogP contribution in [-0.4, -0.2) is 66.5 Å². The molecule has 0 aliphatic carbocycles. The number of aliphatic hydroxyl groups is 1. The fourth-order valence-corrected chi connectivity index (χ4v) is 7.71. The summed E-state index contributed by atoms with van der Waals surface area (Å²) in [6.45, 7) is 4.20. The molecule has 0 aromatic heterocycles. The number of hydrogen-bond acceptors (Lipinski definition) is 10. The summed E-state index contributed by atoms with van der Waals surface area (Å²) in [5.41, 5.74) is 0. The highest BCUT2D eigenvalue weighted by atomic mass is 31.2. The van der Waals surface area contributed by atoms with Crippen molar-refractivity contribution in [2.45, 2.75) is 213 Å². The second kappa shape index (κ2) is 54.9. The number of aliphatic hydroxyl groups excluding tert-OH is 1. The van der Waals surface area contributed by atoms with Crippen LogP contribution in [0.1, 0.15) is 201 Å². The smallest absolute Gasteiger partial charge is 0.462 e. The third-order valence-electron chi connectivity index (χ3n) is 11.1. The van der Waals surface area contributed by atoms with Crippen LogP contribution in [0.4, 0.5) is 0 Å². The molecule has 0 amide bonds. The van der Waals surface area contributed by atoms with E-state index in [0.717, 1.165) is 83.5 Å². The first kappa shape index (κ1) is 69.6. The first-order valence-electron chi connectivity index (χ1n) is 28.1. The number of ether oxygens (including phenoxy) is 3. The molecule has 0 aliphatic heterocycles. The molecule has 0 saturated heterocycles. The fourth-order valence-electron chi connectivity index (χ4n) is 6.93. The van der Waals surface area contributed by atoms with Crippen molar-refractivity contribution in [2.75, 3.05) is 26.4 Å². The van der Waals surface area contributed by atoms with Crippen LogP contribution in [0.15, 0.2) is 134 Å². The lowest BCUT2D eigenvalue weighted by Crippen LogP contribution is -2.30. The Morgan fingerprint density at radius 1 is 0.405 bits per heavy atom. The fraction of sp³-hybridized carbons (Fsp3) is 0.597. The van der Waals surface area contributed by atoms with Crippen LogP contribution >= 0.6 is 7.82 Å². The summed E-state index contributed by atoms with van der Waals surface area (Å²) < 4.78 is 39.2. The van der Waals surface area contributed by atoms with Crippen molar-refractivity contribution >= 4 is 25.7 Å². The molecule has 0 aromatic rings. The maximum Gasteiger partial charge on any atom is 0.472 e. The lowest BCUT2D eigenvalue weighted by atomic mass is 10.0. The summed E-state index contributed by atoms with van der Waals surface area (Å²) in [4.78, 5) is 48.4. The number of unbranched alkanes of at least 4 members (excludes halogenated alkanes) is 12. The molecule has 2 N–H and O–H groups in total. The number of esters is 3. The van der Waals surface area contributed by atoms with Crippen molar-refractivity contribution in [3.05, 3.63) is 134 Å². The van der Waals surface area contributed by atoms with Gasteiger partial charge in [0.05, 0.1) is 26.2 Å². The Morgan fingerprint density at radius 3 is 1.16 bits per heavy atom. The van der Waals surface area contributed by atoms with Crippen LogP contribution in [0.5, 0.6) is 0 Å². The number of phosphoric acid groups is 1. The summed E-state index contributed by atoms with van der Waals surface area (Å²) in [6, 6.07) is 0. The van der Waals surface area contributed by atoms with Crippen LogP contribution in [0.2, 0.25) is 0 Å². The maximum atomic E-state index is 12.9. The number of carbonyl (C=O) groups excluding carboxylic acids is 3. The van der Waals surface area contributed by atoms with E-state index in [0.29, 0.717) is 19.3 Å². The van der Waals surface area contributed by atoms with Crippen molar-refractivity contribution in [1.82, 2.24) is 0 Å². The minimum Gasteiger partial charge on any atom is -0.462 e. The molecular weight excluding hydrogens is 952 g/mol. The molecule has 0 heterocycles. The summed E-state index contributed by atoms with van der Waals surface area (Å²) >= 11 is 0. The monoisotopic (exact) mass is 1050 g/mol. The molecule has 0 bridgehead atoms. The van der Waals surface area contributed by atoms with Gasteiger partial charge in [-0.05, 0) is 83.5 Å². The molecule has 3 atom stereocenters. The average Bonchev–Trinajstić information content (AvgIpc) is 3.39. The van der Waals surface area contributed by atoms with E-state index in [2.05, 4.69) is 118 Å². The average molecular weight is 1050 g/mol. The number of hydrogen-bond donors (Lipinski definition) is 2. The van der Waals surface area contributed by atoms with Gasteiger partial charge in [0.15, 0.2) is 6.10 Å². The van der Waals surface area contributed by atoms with E-state index in [9.17, 15) is 28.9 Å². The van der Waals surface area contributed by atoms with Gasteiger partial charge in [-0.25, -0.2) is 4.57 Å². The molecule has 0 saturated carbocycles. The molecule has 0 radical (unpaired) electrons. The van der Waals surface area contributed by atoms with Crippen molar-refractivity contribution in [3.63, 3.8) is 0 Å². The zero-order valence-corrected chi connectivity index (χ0v) is 46.9. The predicted molar refractivity (Wildman–Crippen MR) is 306 cm³/mol. The van der Waals surface area contributed by atoms with E-state index in [1.54, 1.807) is 6.08 Å². The molecule has 0 aromatic carbocycles. The highest BCUT2D eigenvalue weighted by Crippen LogP contribution is 2.43. The Balaban J connectivity index is 4.95. The second-order valence-corrected chi connectivity index (χ2v) is 19.5. The molecule has 12 heteroatoms. The molecule has 0 spiro atoms. The van der Waals surface area contributed by atoms with Crippen LogP contribution in [-0.2, 0) is 42.2 Å². The van der Waals surface area contributed by atoms with Gasteiger partial charge in [0.2, 0.25) is 0 Å². The first-order valence-corrected chi connectivity index (χ1v) is 29.6. The molecule has 418 valence electrons. The molecule has 0 aliphatic rings. The summed E-state index contributed by atoms with van der Waals surface area (Å²) in [5.74, 6) is -1.73. The third-order valence-corrected chi connectivity index (χ3v) is 12.1. The topological polar surface area (TPSA) is 155 Å². The Hall–Kier alpha value is -4.38. The van der Waals surface area contributed by atoms with Gasteiger partial charge < -0.3 is 24.2 Å². The highest BCUT2D eigenvalue weighted by Gasteiger charge is 2.28. The molecule has 74 heavy (non-hydrogen) atoms. The normalized spacial score (nSPS) is 14.4. The van der Waals surface area contributed by atoms with Gasteiger partial charge in [-0.15, -0.1) is 0 Å². The molecule has 3 unspecified atom stereocenters. The number of carbonyl (C=O) groups is 3. The zero-order valence-electron chi connectivity index (χ0n) is 46.0. The van der Waals surface area contributed by atoms with Crippen LogP contribution < -0.4 is 0 Å². The van der Waals surface area contributed by atoms with Crippen LogP contribution in [0.3, 0.4) is 0 Å². The SMILES string of the molecule is CC/C=C\C/C=C\C/C=C\C/C=C\C/C=C\C/C=C\CCC(=O)OCC(COP(=O)(O)OCC(CO)OC(=O)CCCCCCCCCCCCCCC)OC(=O)C/C=C\C/C=C\C/C=C\C/C=C\C/C=C\CC. The highest BCUT2D eigenvalue weighted by molar-refractivity contribution is 7.47. The van der Waals surface area contributed by atoms with E-state index in [1.165, 1.54) is 57.8 Å². The maximum absolute atomic E-state index is 12.9. The Bertz CT molecular complexity index is 1750. The standard InChI is InChI=1S/C62H99O11P/c1-4-7-10-13-16-19-22-25-27-28-29-30-32-34-36-39-42-45-48-51-60(64)69-55-59(73-62(66)53-50-47-44-41-38-35-31-26-23-20-17-14-11-8-5-2)57-71-74(67,68)70-56-58(54-63)72-61(65)52-49-46-43-40-37-33-24-21-18-15-12-9-6-3/h7-8,10-11,16-17,19-20,25-27,29-31,34,36,38,41-42,45,47,50,58-59,63H,4-6,9,12-15,18,21-24,28,32-33,35,37,39-40,43-44,46,48-49,51-57H2,1-3H3,(H,67,68)/b10-7-,11-8-,19-16-,20-17-,27-25-,30-29-,31-26-,36-34-,41-38-,45-42-,50-47-. The van der Waals surface area contributed by atoms with Crippen molar-refractivity contribution in [3.8, 4) is 0 Å². The predicted octanol–water partition coefficient (Wildman–Crippen LogP) is 16.6. The first-order chi connectivity index (χ1) is 36.2. The van der Waals surface area contributed by atoms with E-state index in [-0.39, 0.29) is 19.3 Å². The van der Waals surface area contributed by atoms with Crippen LogP contribution in [0, 0.1) is 0 Å². The molecular formula is C62H99O11P. The summed E-state index contributed by atoms with van der Waals surface area (Å²) in [7, 11) is -4.79. The number of allylic oxidation sites excluding steroid dienone is 21. The van der Waals surface area contributed by atoms with Gasteiger partial charge >= 0.3 is 25.7 Å².